The van der Waals surface area contributed by atoms with Crippen molar-refractivity contribution in [3.05, 3.63) is 42.0 Å². The van der Waals surface area contributed by atoms with Gasteiger partial charge in [-0.2, -0.15) is 0 Å². The van der Waals surface area contributed by atoms with Crippen LogP contribution >= 0.6 is 0 Å². The zero-order valence-electron chi connectivity index (χ0n) is 19.6. The smallest absolute Gasteiger partial charge is 0.342 e. The van der Waals surface area contributed by atoms with Crippen LogP contribution in [0.15, 0.2) is 36.4 Å². The molecule has 0 atom stereocenters. The van der Waals surface area contributed by atoms with E-state index in [9.17, 15) is 9.59 Å². The lowest BCUT2D eigenvalue weighted by atomic mass is 10.1. The van der Waals surface area contributed by atoms with Gasteiger partial charge in [-0.25, -0.2) is 4.79 Å². The number of hydrogen-bond acceptors (Lipinski definition) is 8. The monoisotopic (exact) mass is 457 g/mol. The third-order valence-corrected chi connectivity index (χ3v) is 5.60. The summed E-state index contributed by atoms with van der Waals surface area (Å²) in [6.45, 7) is 6.87. The van der Waals surface area contributed by atoms with Gasteiger partial charge in [-0.15, -0.1) is 0 Å². The van der Waals surface area contributed by atoms with Crippen LogP contribution in [-0.2, 0) is 9.53 Å². The molecular formula is C24H31N3O6. The van der Waals surface area contributed by atoms with Crippen LogP contribution < -0.4 is 24.4 Å². The van der Waals surface area contributed by atoms with Crippen LogP contribution in [0.5, 0.6) is 17.2 Å². The van der Waals surface area contributed by atoms with Crippen molar-refractivity contribution in [2.45, 2.75) is 6.92 Å². The molecule has 1 aliphatic heterocycles. The molecule has 2 aromatic rings. The molecule has 2 aromatic carbocycles. The zero-order chi connectivity index (χ0) is 23.8. The van der Waals surface area contributed by atoms with E-state index in [1.54, 1.807) is 0 Å². The highest BCUT2D eigenvalue weighted by Crippen LogP contribution is 2.34. The number of nitrogens with one attached hydrogen (secondary N) is 1. The number of piperazine rings is 1. The number of esters is 1. The summed E-state index contributed by atoms with van der Waals surface area (Å²) in [6.07, 6.45) is 0. The van der Waals surface area contributed by atoms with Crippen molar-refractivity contribution in [1.29, 1.82) is 0 Å². The van der Waals surface area contributed by atoms with E-state index in [-0.39, 0.29) is 11.3 Å². The summed E-state index contributed by atoms with van der Waals surface area (Å²) in [5.41, 5.74) is 1.89. The number of nitrogens with zero attached hydrogens (tertiary/aromatic N) is 2. The van der Waals surface area contributed by atoms with Gasteiger partial charge in [0, 0.05) is 49.7 Å². The van der Waals surface area contributed by atoms with E-state index in [4.69, 9.17) is 18.9 Å². The van der Waals surface area contributed by atoms with Crippen LogP contribution in [0.1, 0.15) is 17.3 Å². The van der Waals surface area contributed by atoms with Crippen LogP contribution in [0, 0.1) is 0 Å². The molecule has 3 rings (SSSR count). The van der Waals surface area contributed by atoms with Crippen molar-refractivity contribution in [1.82, 2.24) is 4.90 Å². The molecule has 0 aliphatic carbocycles. The first-order chi connectivity index (χ1) is 16.0. The van der Waals surface area contributed by atoms with Gasteiger partial charge < -0.3 is 34.1 Å². The van der Waals surface area contributed by atoms with Crippen molar-refractivity contribution in [2.24, 2.45) is 0 Å². The minimum Gasteiger partial charge on any atom is -0.496 e. The van der Waals surface area contributed by atoms with Crippen LogP contribution in [0.4, 0.5) is 11.4 Å². The van der Waals surface area contributed by atoms with Crippen molar-refractivity contribution in [3.63, 3.8) is 0 Å². The Bertz CT molecular complexity index is 955. The zero-order valence-corrected chi connectivity index (χ0v) is 19.6. The molecule has 0 radical (unpaired) electrons. The van der Waals surface area contributed by atoms with Crippen LogP contribution in [-0.4, -0.2) is 77.4 Å². The Morgan fingerprint density at radius 1 is 0.879 bits per heavy atom. The molecule has 1 fully saturated rings. The lowest BCUT2D eigenvalue weighted by molar-refractivity contribution is -0.119. The number of likely N-dealkylation sites (N-methyl/N-ethyl adjacent to an activating group) is 1. The third-order valence-electron chi connectivity index (χ3n) is 5.60. The fraction of sp³-hybridized carbons (Fsp3) is 0.417. The minimum absolute atomic E-state index is 0.135. The van der Waals surface area contributed by atoms with Gasteiger partial charge in [0.25, 0.3) is 5.91 Å². The maximum absolute atomic E-state index is 12.5. The molecule has 0 aromatic heterocycles. The number of anilines is 2. The van der Waals surface area contributed by atoms with Gasteiger partial charge in [0.2, 0.25) is 0 Å². The summed E-state index contributed by atoms with van der Waals surface area (Å²) in [5.74, 6) is -0.115. The van der Waals surface area contributed by atoms with Gasteiger partial charge in [0.1, 0.15) is 11.3 Å². The van der Waals surface area contributed by atoms with Crippen molar-refractivity contribution < 1.29 is 28.5 Å². The third kappa shape index (κ3) is 6.07. The van der Waals surface area contributed by atoms with Crippen molar-refractivity contribution in [2.75, 3.05) is 70.9 Å². The minimum atomic E-state index is -0.704. The van der Waals surface area contributed by atoms with Gasteiger partial charge >= 0.3 is 5.97 Å². The molecule has 1 heterocycles. The van der Waals surface area contributed by atoms with E-state index in [0.717, 1.165) is 38.4 Å². The molecule has 1 saturated heterocycles. The number of amides is 1. The Morgan fingerprint density at radius 2 is 1.48 bits per heavy atom. The fourth-order valence-corrected chi connectivity index (χ4v) is 3.67. The van der Waals surface area contributed by atoms with E-state index >= 15 is 0 Å². The predicted octanol–water partition coefficient (Wildman–Crippen LogP) is 2.65. The van der Waals surface area contributed by atoms with E-state index in [0.29, 0.717) is 17.2 Å². The molecule has 9 heteroatoms. The summed E-state index contributed by atoms with van der Waals surface area (Å²) in [5, 5.41) is 2.75. The summed E-state index contributed by atoms with van der Waals surface area (Å²) in [7, 11) is 4.37. The molecule has 9 nitrogen and oxygen atoms in total. The van der Waals surface area contributed by atoms with Gasteiger partial charge in [-0.05, 0) is 30.8 Å². The van der Waals surface area contributed by atoms with Gasteiger partial charge in [-0.1, -0.05) is 6.92 Å². The predicted molar refractivity (Wildman–Crippen MR) is 126 cm³/mol. The maximum Gasteiger partial charge on any atom is 0.342 e. The average molecular weight is 458 g/mol. The molecule has 0 bridgehead atoms. The summed E-state index contributed by atoms with van der Waals surface area (Å²) in [4.78, 5) is 29.6. The second-order valence-corrected chi connectivity index (χ2v) is 7.50. The second-order valence-electron chi connectivity index (χ2n) is 7.50. The van der Waals surface area contributed by atoms with Crippen LogP contribution in [0.3, 0.4) is 0 Å². The second kappa shape index (κ2) is 11.4. The Morgan fingerprint density at radius 3 is 2.06 bits per heavy atom. The Kier molecular flexibility index (Phi) is 8.37. The van der Waals surface area contributed by atoms with Crippen molar-refractivity contribution >= 4 is 23.3 Å². The number of rotatable bonds is 9. The number of carbonyl (C=O) groups excluding carboxylic acids is 2. The molecule has 0 saturated carbocycles. The molecule has 1 N–H and O–H groups in total. The number of hydrogen-bond donors (Lipinski definition) is 1. The van der Waals surface area contributed by atoms with E-state index in [1.165, 1.54) is 33.5 Å². The SMILES string of the molecule is CCN1CCN(c2ccc(NC(=O)COC(=O)c3cc(OC)c(OC)cc3OC)cc2)CC1. The molecule has 33 heavy (non-hydrogen) atoms. The largest absolute Gasteiger partial charge is 0.496 e. The Balaban J connectivity index is 1.55. The number of carbonyl (C=O) groups is 2. The van der Waals surface area contributed by atoms with E-state index in [1.807, 2.05) is 24.3 Å². The molecule has 178 valence electrons. The number of ether oxygens (including phenoxy) is 4. The maximum atomic E-state index is 12.5. The van der Waals surface area contributed by atoms with Crippen LogP contribution in [0.2, 0.25) is 0 Å². The fourth-order valence-electron chi connectivity index (χ4n) is 3.67. The molecule has 0 spiro atoms. The summed E-state index contributed by atoms with van der Waals surface area (Å²) in [6, 6.07) is 10.6. The van der Waals surface area contributed by atoms with Gasteiger partial charge in [0.15, 0.2) is 18.1 Å². The van der Waals surface area contributed by atoms with E-state index < -0.39 is 18.5 Å². The molecule has 1 amide bonds. The van der Waals surface area contributed by atoms with Gasteiger partial charge in [-0.3, -0.25) is 4.79 Å². The Hall–Kier alpha value is -3.46. The first-order valence-electron chi connectivity index (χ1n) is 10.8. The highest BCUT2D eigenvalue weighted by Gasteiger charge is 2.20. The first-order valence-corrected chi connectivity index (χ1v) is 10.8. The Labute approximate surface area is 194 Å². The highest BCUT2D eigenvalue weighted by molar-refractivity contribution is 5.97. The topological polar surface area (TPSA) is 89.6 Å². The van der Waals surface area contributed by atoms with Crippen molar-refractivity contribution in [3.8, 4) is 17.2 Å². The van der Waals surface area contributed by atoms with Gasteiger partial charge in [0.05, 0.1) is 21.3 Å². The average Bonchev–Trinajstić information content (AvgIpc) is 2.86. The lowest BCUT2D eigenvalue weighted by Crippen LogP contribution is -2.46. The summed E-state index contributed by atoms with van der Waals surface area (Å²) < 4.78 is 20.8. The molecule has 0 unspecified atom stereocenters. The normalized spacial score (nSPS) is 13.9. The first kappa shape index (κ1) is 24.2. The lowest BCUT2D eigenvalue weighted by Gasteiger charge is -2.35. The van der Waals surface area contributed by atoms with E-state index in [2.05, 4.69) is 22.0 Å². The summed E-state index contributed by atoms with van der Waals surface area (Å²) >= 11 is 0. The molecule has 1 aliphatic rings. The molecular weight excluding hydrogens is 426 g/mol. The quantitative estimate of drug-likeness (QED) is 0.575. The number of methoxy groups -OCH3 is 3. The highest BCUT2D eigenvalue weighted by atomic mass is 16.5. The standard InChI is InChI=1S/C24H31N3O6/c1-5-26-10-12-27(13-11-26)18-8-6-17(7-9-18)25-23(28)16-33-24(29)19-14-21(31-3)22(32-4)15-20(19)30-2/h6-9,14-15H,5,10-13,16H2,1-4H3,(H,25,28). The number of benzene rings is 2. The van der Waals surface area contributed by atoms with Crippen LogP contribution in [0.25, 0.3) is 0 Å².